The Labute approximate surface area is 46.4 Å². The van der Waals surface area contributed by atoms with Gasteiger partial charge in [0.25, 0.3) is 0 Å². The van der Waals surface area contributed by atoms with Crippen LogP contribution in [0.2, 0.25) is 0 Å². The highest BCUT2D eigenvalue weighted by Crippen LogP contribution is 2.06. The fraction of sp³-hybridized carbons (Fsp3) is 0.333. The van der Waals surface area contributed by atoms with Crippen molar-refractivity contribution in [3.63, 3.8) is 0 Å². The lowest BCUT2D eigenvalue weighted by Gasteiger charge is -2.08. The predicted octanol–water partition coefficient (Wildman–Crippen LogP) is 0.487. The molecule has 1 aliphatic rings. The van der Waals surface area contributed by atoms with Crippen molar-refractivity contribution in [1.29, 1.82) is 0 Å². The fourth-order valence-electron chi connectivity index (χ4n) is 0.297. The monoisotopic (exact) mass is 118 g/mol. The topological polar surface area (TPSA) is 24.5 Å². The Morgan fingerprint density at radius 2 is 2.71 bits per heavy atom. The van der Waals surface area contributed by atoms with Gasteiger partial charge in [0, 0.05) is 5.41 Å². The Morgan fingerprint density at radius 1 is 1.86 bits per heavy atom. The van der Waals surface area contributed by atoms with E-state index < -0.39 is 0 Å². The van der Waals surface area contributed by atoms with Crippen molar-refractivity contribution in [2.24, 2.45) is 0 Å². The molecule has 0 amide bonds. The summed E-state index contributed by atoms with van der Waals surface area (Å²) in [6.07, 6.45) is 1.80. The van der Waals surface area contributed by atoms with E-state index in [-0.39, 0.29) is 0 Å². The average molecular weight is 118 g/mol. The Bertz CT molecular complexity index is 85.0. The van der Waals surface area contributed by atoms with Crippen LogP contribution in [0.1, 0.15) is 0 Å². The van der Waals surface area contributed by atoms with Gasteiger partial charge in [-0.3, -0.25) is 4.84 Å². The number of hydrogen-bond acceptors (Lipinski definition) is 4. The van der Waals surface area contributed by atoms with Gasteiger partial charge in [0.2, 0.25) is 0 Å². The van der Waals surface area contributed by atoms with Crippen LogP contribution in [0.5, 0.6) is 0 Å². The van der Waals surface area contributed by atoms with E-state index in [1.165, 1.54) is 17.1 Å². The van der Waals surface area contributed by atoms with Gasteiger partial charge in [0.05, 0.1) is 13.3 Å². The van der Waals surface area contributed by atoms with Gasteiger partial charge in [-0.05, 0) is 11.9 Å². The zero-order valence-corrected chi connectivity index (χ0v) is 4.73. The lowest BCUT2D eigenvalue weighted by molar-refractivity contribution is -0.102. The third-order valence-electron chi connectivity index (χ3n) is 0.604. The highest BCUT2D eigenvalue weighted by Gasteiger charge is 1.98. The molecule has 1 heterocycles. The maximum absolute atomic E-state index is 4.73. The molecular weight excluding hydrogens is 112 g/mol. The molecule has 3 nitrogen and oxygen atoms in total. The van der Waals surface area contributed by atoms with Crippen molar-refractivity contribution in [3.05, 3.63) is 11.6 Å². The van der Waals surface area contributed by atoms with Crippen LogP contribution in [0, 0.1) is 0 Å². The molecule has 1 rings (SSSR count). The Hall–Kier alpha value is -0.190. The van der Waals surface area contributed by atoms with Crippen molar-refractivity contribution in [3.8, 4) is 0 Å². The van der Waals surface area contributed by atoms with E-state index in [1.54, 1.807) is 13.3 Å². The molecule has 0 fully saturated rings. The third-order valence-corrected chi connectivity index (χ3v) is 1.15. The number of hydrogen-bond donors (Lipinski definition) is 1. The largest absolute Gasteiger partial charge is 0.261 e. The molecule has 0 aromatic carbocycles. The van der Waals surface area contributed by atoms with Gasteiger partial charge in [-0.15, -0.1) is 4.83 Å². The summed E-state index contributed by atoms with van der Waals surface area (Å²) in [6.45, 7) is 0. The highest BCUT2D eigenvalue weighted by atomic mass is 32.2. The van der Waals surface area contributed by atoms with Crippen LogP contribution < -0.4 is 4.83 Å². The van der Waals surface area contributed by atoms with Gasteiger partial charge in [-0.1, -0.05) is 0 Å². The minimum Gasteiger partial charge on any atom is -0.261 e. The van der Waals surface area contributed by atoms with Crippen molar-refractivity contribution < 1.29 is 4.84 Å². The number of hydrazine groups is 1. The molecule has 4 heteroatoms. The van der Waals surface area contributed by atoms with Crippen molar-refractivity contribution in [2.75, 3.05) is 7.11 Å². The molecule has 0 aromatic rings. The first-order chi connectivity index (χ1) is 3.43. The van der Waals surface area contributed by atoms with Crippen LogP contribution in [0.3, 0.4) is 0 Å². The molecule has 0 bridgehead atoms. The first kappa shape index (κ1) is 4.96. The van der Waals surface area contributed by atoms with Crippen LogP contribution in [-0.4, -0.2) is 12.3 Å². The lowest BCUT2D eigenvalue weighted by Crippen LogP contribution is -2.21. The average Bonchev–Trinajstić information content (AvgIpc) is 2.14. The molecule has 1 aliphatic heterocycles. The van der Waals surface area contributed by atoms with Gasteiger partial charge < -0.3 is 0 Å². The fourth-order valence-corrected chi connectivity index (χ4v) is 0.768. The molecule has 0 spiro atoms. The molecule has 0 radical (unpaired) electrons. The van der Waals surface area contributed by atoms with E-state index in [9.17, 15) is 0 Å². The van der Waals surface area contributed by atoms with Crippen LogP contribution in [0.15, 0.2) is 11.6 Å². The summed E-state index contributed by atoms with van der Waals surface area (Å²) in [5.41, 5.74) is 0. The summed E-state index contributed by atoms with van der Waals surface area (Å²) in [4.78, 5) is 7.55. The van der Waals surface area contributed by atoms with E-state index in [0.717, 1.165) is 0 Å². The second kappa shape index (κ2) is 2.20. The highest BCUT2D eigenvalue weighted by molar-refractivity contribution is 8.00. The molecule has 0 aliphatic carbocycles. The third kappa shape index (κ3) is 1.09. The zero-order chi connectivity index (χ0) is 5.11. The van der Waals surface area contributed by atoms with Crippen molar-refractivity contribution in [1.82, 2.24) is 10.0 Å². The number of hydroxylamine groups is 1. The Morgan fingerprint density at radius 3 is 3.00 bits per heavy atom. The Balaban J connectivity index is 2.28. The minimum absolute atomic E-state index is 1.48. The van der Waals surface area contributed by atoms with Crippen molar-refractivity contribution in [2.45, 2.75) is 0 Å². The van der Waals surface area contributed by atoms with E-state index in [0.29, 0.717) is 0 Å². The van der Waals surface area contributed by atoms with Gasteiger partial charge in [0.15, 0.2) is 0 Å². The molecule has 0 unspecified atom stereocenters. The number of nitrogens with one attached hydrogen (secondary N) is 1. The smallest absolute Gasteiger partial charge is 0.0656 e. The van der Waals surface area contributed by atoms with E-state index in [2.05, 4.69) is 4.83 Å². The molecule has 0 saturated heterocycles. The Kier molecular flexibility index (Phi) is 1.56. The first-order valence-electron chi connectivity index (χ1n) is 1.85. The summed E-state index contributed by atoms with van der Waals surface area (Å²) in [5, 5.41) is 3.41. The molecule has 7 heavy (non-hydrogen) atoms. The number of rotatable bonds is 1. The second-order valence-electron chi connectivity index (χ2n) is 1.00. The van der Waals surface area contributed by atoms with Gasteiger partial charge in [-0.2, -0.15) is 5.17 Å². The summed E-state index contributed by atoms with van der Waals surface area (Å²) in [7, 11) is 1.60. The maximum atomic E-state index is 4.73. The molecular formula is C3H6N2OS. The summed E-state index contributed by atoms with van der Waals surface area (Å²) < 4.78 is 0. The van der Waals surface area contributed by atoms with Crippen LogP contribution in [0.25, 0.3) is 0 Å². The van der Waals surface area contributed by atoms with Gasteiger partial charge in [0.1, 0.15) is 0 Å². The lowest BCUT2D eigenvalue weighted by atomic mass is 11.1. The standard InChI is InChI=1S/C3H6N2OS/c1-6-5-2-3-7-4-5/h2-4H,1H3. The van der Waals surface area contributed by atoms with E-state index in [1.807, 2.05) is 5.41 Å². The predicted molar refractivity (Wildman–Crippen MR) is 28.7 cm³/mol. The minimum atomic E-state index is 1.48. The molecule has 40 valence electrons. The normalized spacial score (nSPS) is 18.7. The van der Waals surface area contributed by atoms with E-state index >= 15 is 0 Å². The molecule has 0 saturated carbocycles. The zero-order valence-electron chi connectivity index (χ0n) is 3.92. The van der Waals surface area contributed by atoms with Crippen LogP contribution >= 0.6 is 11.9 Å². The first-order valence-corrected chi connectivity index (χ1v) is 2.73. The summed E-state index contributed by atoms with van der Waals surface area (Å²) in [6, 6.07) is 0. The van der Waals surface area contributed by atoms with Crippen LogP contribution in [-0.2, 0) is 4.84 Å². The van der Waals surface area contributed by atoms with Crippen molar-refractivity contribution >= 4 is 11.9 Å². The molecule has 0 atom stereocenters. The maximum Gasteiger partial charge on any atom is 0.0656 e. The van der Waals surface area contributed by atoms with Gasteiger partial charge >= 0.3 is 0 Å². The van der Waals surface area contributed by atoms with Crippen LogP contribution in [0.4, 0.5) is 0 Å². The van der Waals surface area contributed by atoms with E-state index in [4.69, 9.17) is 4.84 Å². The summed E-state index contributed by atoms with van der Waals surface area (Å²) in [5.74, 6) is 0. The quantitative estimate of drug-likeness (QED) is 0.506. The number of nitrogens with zero attached hydrogens (tertiary/aromatic N) is 1. The summed E-state index contributed by atoms with van der Waals surface area (Å²) >= 11 is 1.48. The second-order valence-corrected chi connectivity index (χ2v) is 1.69. The molecule has 0 aromatic heterocycles. The van der Waals surface area contributed by atoms with Gasteiger partial charge in [-0.25, -0.2) is 0 Å². The SMILES string of the molecule is CON1C=CSN1. The molecule has 1 N–H and O–H groups in total.